The van der Waals surface area contributed by atoms with E-state index in [1.54, 1.807) is 17.0 Å². The average molecular weight is 326 g/mol. The van der Waals surface area contributed by atoms with Crippen molar-refractivity contribution in [1.29, 1.82) is 0 Å². The summed E-state index contributed by atoms with van der Waals surface area (Å²) in [4.78, 5) is 26.0. The molecule has 24 heavy (non-hydrogen) atoms. The molecule has 2 heterocycles. The van der Waals surface area contributed by atoms with Crippen LogP contribution in [0.5, 0.6) is 0 Å². The Morgan fingerprint density at radius 1 is 1.25 bits per heavy atom. The molecular weight excluding hydrogens is 304 g/mol. The van der Waals surface area contributed by atoms with Crippen molar-refractivity contribution >= 4 is 23.3 Å². The molecule has 1 aromatic heterocycles. The maximum atomic E-state index is 12.4. The van der Waals surface area contributed by atoms with Crippen molar-refractivity contribution in [2.75, 3.05) is 16.8 Å². The van der Waals surface area contributed by atoms with Crippen LogP contribution in [0, 0.1) is 0 Å². The Balaban J connectivity index is 1.73. The first-order valence-electron chi connectivity index (χ1n) is 8.42. The van der Waals surface area contributed by atoms with Gasteiger partial charge >= 0.3 is 0 Å². The highest BCUT2D eigenvalue weighted by Gasteiger charge is 2.22. The van der Waals surface area contributed by atoms with Crippen molar-refractivity contribution in [3.8, 4) is 0 Å². The van der Waals surface area contributed by atoms with E-state index in [4.69, 9.17) is 0 Å². The number of aryl methyl sites for hydroxylation is 1. The minimum absolute atomic E-state index is 0.142. The molecule has 126 valence electrons. The van der Waals surface area contributed by atoms with Gasteiger partial charge in [-0.15, -0.1) is 0 Å². The fraction of sp³-hybridized carbons (Fsp3) is 0.389. The number of amides is 2. The maximum Gasteiger partial charge on any atom is 0.256 e. The van der Waals surface area contributed by atoms with E-state index in [2.05, 4.69) is 22.4 Å². The minimum atomic E-state index is -0.196. The van der Waals surface area contributed by atoms with Gasteiger partial charge in [-0.25, -0.2) is 0 Å². The average Bonchev–Trinajstić information content (AvgIpc) is 3.20. The molecule has 2 aromatic rings. The molecule has 0 spiro atoms. The van der Waals surface area contributed by atoms with Crippen LogP contribution in [0.4, 0.5) is 11.5 Å². The summed E-state index contributed by atoms with van der Waals surface area (Å²) in [5, 5.41) is 10.0. The second-order valence-electron chi connectivity index (χ2n) is 5.89. The fourth-order valence-corrected chi connectivity index (χ4v) is 3.07. The normalized spacial score (nSPS) is 14.2. The lowest BCUT2D eigenvalue weighted by Gasteiger charge is -2.15. The largest absolute Gasteiger partial charge is 0.312 e. The van der Waals surface area contributed by atoms with Crippen molar-refractivity contribution in [2.24, 2.45) is 0 Å². The predicted molar refractivity (Wildman–Crippen MR) is 93.3 cm³/mol. The molecule has 1 aliphatic rings. The second kappa shape index (κ2) is 6.86. The highest BCUT2D eigenvalue weighted by Crippen LogP contribution is 2.23. The van der Waals surface area contributed by atoms with Gasteiger partial charge in [0.25, 0.3) is 5.91 Å². The molecule has 0 radical (unpaired) electrons. The summed E-state index contributed by atoms with van der Waals surface area (Å²) in [6.45, 7) is 4.84. The molecule has 1 saturated heterocycles. The first-order valence-corrected chi connectivity index (χ1v) is 8.42. The van der Waals surface area contributed by atoms with Gasteiger partial charge < -0.3 is 10.2 Å². The Morgan fingerprint density at radius 3 is 2.58 bits per heavy atom. The van der Waals surface area contributed by atoms with E-state index < -0.39 is 0 Å². The number of anilines is 2. The summed E-state index contributed by atoms with van der Waals surface area (Å²) in [7, 11) is 0. The van der Waals surface area contributed by atoms with Crippen molar-refractivity contribution in [2.45, 2.75) is 39.5 Å². The summed E-state index contributed by atoms with van der Waals surface area (Å²) in [6.07, 6.45) is 3.15. The number of hydrogen-bond donors (Lipinski definition) is 2. The van der Waals surface area contributed by atoms with Crippen molar-refractivity contribution in [3.63, 3.8) is 0 Å². The number of rotatable bonds is 5. The van der Waals surface area contributed by atoms with Crippen LogP contribution in [0.1, 0.15) is 48.3 Å². The zero-order valence-corrected chi connectivity index (χ0v) is 14.1. The summed E-state index contributed by atoms with van der Waals surface area (Å²) in [5.74, 6) is 0.541. The number of hydrogen-bond acceptors (Lipinski definition) is 3. The molecule has 0 saturated carbocycles. The molecule has 2 amide bonds. The number of carbonyl (C=O) groups excluding carboxylic acids is 2. The number of nitrogens with zero attached hydrogens (tertiary/aromatic N) is 2. The zero-order chi connectivity index (χ0) is 17.1. The molecule has 0 atom stereocenters. The summed E-state index contributed by atoms with van der Waals surface area (Å²) in [5.41, 5.74) is 3.49. The van der Waals surface area contributed by atoms with Crippen LogP contribution in [-0.4, -0.2) is 28.6 Å². The van der Waals surface area contributed by atoms with Crippen LogP contribution in [-0.2, 0) is 17.6 Å². The van der Waals surface area contributed by atoms with Crippen LogP contribution in [0.25, 0.3) is 0 Å². The van der Waals surface area contributed by atoms with Crippen LogP contribution >= 0.6 is 0 Å². The SMILES string of the molecule is CCc1[nH]nc(NC(=O)c2ccc(N3CCCC3=O)cc2)c1CC. The van der Waals surface area contributed by atoms with Gasteiger partial charge in [-0.1, -0.05) is 13.8 Å². The quantitative estimate of drug-likeness (QED) is 0.887. The lowest BCUT2D eigenvalue weighted by atomic mass is 10.1. The number of carbonyl (C=O) groups is 2. The van der Waals surface area contributed by atoms with E-state index in [0.717, 1.165) is 42.8 Å². The maximum absolute atomic E-state index is 12.4. The molecule has 0 aliphatic carbocycles. The van der Waals surface area contributed by atoms with Gasteiger partial charge in [0.1, 0.15) is 0 Å². The molecule has 3 rings (SSSR count). The lowest BCUT2D eigenvalue weighted by molar-refractivity contribution is -0.117. The highest BCUT2D eigenvalue weighted by molar-refractivity contribution is 6.04. The molecule has 1 aliphatic heterocycles. The topological polar surface area (TPSA) is 78.1 Å². The van der Waals surface area contributed by atoms with Gasteiger partial charge in [0.05, 0.1) is 0 Å². The molecule has 0 bridgehead atoms. The smallest absolute Gasteiger partial charge is 0.256 e. The van der Waals surface area contributed by atoms with Crippen molar-refractivity contribution in [3.05, 3.63) is 41.1 Å². The number of aromatic amines is 1. The number of nitrogens with one attached hydrogen (secondary N) is 2. The van der Waals surface area contributed by atoms with Gasteiger partial charge in [0, 0.05) is 35.5 Å². The molecule has 6 nitrogen and oxygen atoms in total. The third kappa shape index (κ3) is 3.04. The molecule has 2 N–H and O–H groups in total. The second-order valence-corrected chi connectivity index (χ2v) is 5.89. The van der Waals surface area contributed by atoms with Crippen LogP contribution in [0.15, 0.2) is 24.3 Å². The van der Waals surface area contributed by atoms with E-state index in [0.29, 0.717) is 17.8 Å². The van der Waals surface area contributed by atoms with E-state index in [1.807, 2.05) is 19.1 Å². The van der Waals surface area contributed by atoms with E-state index in [1.165, 1.54) is 0 Å². The Labute approximate surface area is 141 Å². The van der Waals surface area contributed by atoms with E-state index >= 15 is 0 Å². The van der Waals surface area contributed by atoms with E-state index in [-0.39, 0.29) is 11.8 Å². The Bertz CT molecular complexity index is 749. The van der Waals surface area contributed by atoms with Gasteiger partial charge in [-0.05, 0) is 43.5 Å². The Hall–Kier alpha value is -2.63. The first kappa shape index (κ1) is 16.2. The third-order valence-electron chi connectivity index (χ3n) is 4.41. The molecular formula is C18H22N4O2. The predicted octanol–water partition coefficient (Wildman–Crippen LogP) is 2.91. The Kier molecular flexibility index (Phi) is 4.64. The van der Waals surface area contributed by atoms with Gasteiger partial charge in [0.15, 0.2) is 5.82 Å². The molecule has 1 aromatic carbocycles. The summed E-state index contributed by atoms with van der Waals surface area (Å²) in [6, 6.07) is 7.13. The fourth-order valence-electron chi connectivity index (χ4n) is 3.07. The zero-order valence-electron chi connectivity index (χ0n) is 14.1. The Morgan fingerprint density at radius 2 is 2.00 bits per heavy atom. The van der Waals surface area contributed by atoms with Crippen LogP contribution < -0.4 is 10.2 Å². The summed E-state index contributed by atoms with van der Waals surface area (Å²) >= 11 is 0. The van der Waals surface area contributed by atoms with Gasteiger partial charge in [-0.3, -0.25) is 14.7 Å². The van der Waals surface area contributed by atoms with E-state index in [9.17, 15) is 9.59 Å². The number of aromatic nitrogens is 2. The molecule has 0 unspecified atom stereocenters. The first-order chi connectivity index (χ1) is 11.6. The lowest BCUT2D eigenvalue weighted by Crippen LogP contribution is -2.23. The van der Waals surface area contributed by atoms with Crippen molar-refractivity contribution < 1.29 is 9.59 Å². The van der Waals surface area contributed by atoms with Crippen LogP contribution in [0.2, 0.25) is 0 Å². The molecule has 6 heteroatoms. The number of benzene rings is 1. The standard InChI is InChI=1S/C18H22N4O2/c1-3-14-15(4-2)20-21-17(14)19-18(24)12-7-9-13(10-8-12)22-11-5-6-16(22)23/h7-10H,3-6,11H2,1-2H3,(H2,19,20,21,24). The highest BCUT2D eigenvalue weighted by atomic mass is 16.2. The minimum Gasteiger partial charge on any atom is -0.312 e. The monoisotopic (exact) mass is 326 g/mol. The molecule has 1 fully saturated rings. The number of H-pyrrole nitrogens is 1. The summed E-state index contributed by atoms with van der Waals surface area (Å²) < 4.78 is 0. The van der Waals surface area contributed by atoms with Crippen molar-refractivity contribution in [1.82, 2.24) is 10.2 Å². The van der Waals surface area contributed by atoms with Gasteiger partial charge in [0.2, 0.25) is 5.91 Å². The van der Waals surface area contributed by atoms with Crippen LogP contribution in [0.3, 0.4) is 0 Å². The third-order valence-corrected chi connectivity index (χ3v) is 4.41. The van der Waals surface area contributed by atoms with Gasteiger partial charge in [-0.2, -0.15) is 5.10 Å².